The number of pyridine rings is 1. The van der Waals surface area contributed by atoms with Gasteiger partial charge in [-0.05, 0) is 59.4 Å². The van der Waals surface area contributed by atoms with Crippen molar-refractivity contribution in [1.82, 2.24) is 4.98 Å². The Kier molecular flexibility index (Phi) is 17.3. The molecule has 1 atom stereocenters. The SMILES string of the molecule is C=CC(=O)OCCCCN(CCCCOC(=O)C=C)c1cc(NC(=O)CC(C)CC(C)(C)C)c(N=Nc2c(C#N)cc([N+](=O)[O-])nc2C#N)cc1OC. The number of methoxy groups -OCH3 is 1. The summed E-state index contributed by atoms with van der Waals surface area (Å²) in [5, 5.41) is 42.0. The van der Waals surface area contributed by atoms with Crippen LogP contribution in [0.1, 0.15) is 77.5 Å². The van der Waals surface area contributed by atoms with E-state index in [0.29, 0.717) is 50.2 Å². The first kappa shape index (κ1) is 43.0. The van der Waals surface area contributed by atoms with Crippen LogP contribution >= 0.6 is 0 Å². The highest BCUT2D eigenvalue weighted by Crippen LogP contribution is 2.41. The minimum absolute atomic E-state index is 0.00340. The highest BCUT2D eigenvalue weighted by atomic mass is 16.6. The fraction of sp³-hybridized carbons (Fsp3) is 0.459. The molecule has 0 saturated heterocycles. The molecule has 1 unspecified atom stereocenters. The minimum Gasteiger partial charge on any atom is -0.494 e. The minimum atomic E-state index is -0.825. The molecular formula is C37H46N8O8. The van der Waals surface area contributed by atoms with E-state index in [1.54, 1.807) is 18.2 Å². The lowest BCUT2D eigenvalue weighted by Gasteiger charge is -2.28. The highest BCUT2D eigenvalue weighted by molar-refractivity contribution is 5.95. The van der Waals surface area contributed by atoms with Crippen LogP contribution in [-0.2, 0) is 23.9 Å². The predicted molar refractivity (Wildman–Crippen MR) is 197 cm³/mol. The summed E-state index contributed by atoms with van der Waals surface area (Å²) in [4.78, 5) is 52.7. The molecule has 2 rings (SSSR count). The van der Waals surface area contributed by atoms with Crippen LogP contribution in [0.3, 0.4) is 0 Å². The first-order chi connectivity index (χ1) is 25.2. The third-order valence-electron chi connectivity index (χ3n) is 7.52. The maximum atomic E-state index is 13.4. The Bertz CT molecular complexity index is 1710. The Labute approximate surface area is 309 Å². The fourth-order valence-electron chi connectivity index (χ4n) is 5.40. The fourth-order valence-corrected chi connectivity index (χ4v) is 5.40. The zero-order chi connectivity index (χ0) is 39.6. The normalized spacial score (nSPS) is 11.5. The molecule has 0 aliphatic heterocycles. The summed E-state index contributed by atoms with van der Waals surface area (Å²) in [6.45, 7) is 16.4. The van der Waals surface area contributed by atoms with E-state index < -0.39 is 28.4 Å². The molecule has 1 heterocycles. The number of nitro groups is 1. The van der Waals surface area contributed by atoms with Gasteiger partial charge in [0, 0.05) is 37.7 Å². The van der Waals surface area contributed by atoms with Gasteiger partial charge < -0.3 is 34.5 Å². The molecule has 0 spiro atoms. The van der Waals surface area contributed by atoms with Gasteiger partial charge in [-0.25, -0.2) is 9.59 Å². The van der Waals surface area contributed by atoms with Crippen molar-refractivity contribution >= 4 is 46.4 Å². The molecule has 16 nitrogen and oxygen atoms in total. The number of amides is 1. The Balaban J connectivity index is 2.62. The number of aromatic nitrogens is 1. The van der Waals surface area contributed by atoms with Crippen molar-refractivity contribution in [3.05, 3.63) is 64.9 Å². The van der Waals surface area contributed by atoms with Gasteiger partial charge in [0.25, 0.3) is 5.69 Å². The van der Waals surface area contributed by atoms with E-state index in [2.05, 4.69) is 54.5 Å². The number of unbranched alkanes of at least 4 members (excludes halogenated alkanes) is 2. The van der Waals surface area contributed by atoms with Crippen molar-refractivity contribution in [1.29, 1.82) is 10.5 Å². The number of nitriles is 2. The summed E-state index contributed by atoms with van der Waals surface area (Å²) in [6.07, 6.45) is 5.48. The first-order valence-electron chi connectivity index (χ1n) is 16.9. The van der Waals surface area contributed by atoms with Crippen molar-refractivity contribution in [3.63, 3.8) is 0 Å². The molecular weight excluding hydrogens is 684 g/mol. The number of benzene rings is 1. The number of nitrogens with zero attached hydrogens (tertiary/aromatic N) is 7. The molecule has 0 aliphatic rings. The molecule has 1 aromatic heterocycles. The van der Waals surface area contributed by atoms with E-state index >= 15 is 0 Å². The Morgan fingerprint density at radius 1 is 1.02 bits per heavy atom. The Hall–Kier alpha value is -6.16. The van der Waals surface area contributed by atoms with Crippen molar-refractivity contribution in [2.45, 2.75) is 66.2 Å². The largest absolute Gasteiger partial charge is 0.494 e. The second kappa shape index (κ2) is 21.3. The van der Waals surface area contributed by atoms with Crippen LogP contribution in [-0.4, -0.2) is 61.2 Å². The third kappa shape index (κ3) is 14.5. The number of ether oxygens (including phenoxy) is 3. The molecule has 1 aromatic carbocycles. The summed E-state index contributed by atoms with van der Waals surface area (Å²) in [5.74, 6) is -1.64. The highest BCUT2D eigenvalue weighted by Gasteiger charge is 2.23. The number of carbonyl (C=O) groups excluding carboxylic acids is 3. The molecule has 53 heavy (non-hydrogen) atoms. The number of hydrogen-bond donors (Lipinski definition) is 1. The van der Waals surface area contributed by atoms with Gasteiger partial charge in [-0.3, -0.25) is 4.79 Å². The van der Waals surface area contributed by atoms with Gasteiger partial charge in [0.1, 0.15) is 17.5 Å². The van der Waals surface area contributed by atoms with Crippen molar-refractivity contribution in [3.8, 4) is 17.9 Å². The van der Waals surface area contributed by atoms with Gasteiger partial charge >= 0.3 is 17.8 Å². The van der Waals surface area contributed by atoms with Crippen LogP contribution in [0.4, 0.5) is 28.6 Å². The average molecular weight is 731 g/mol. The second-order valence-electron chi connectivity index (χ2n) is 13.2. The van der Waals surface area contributed by atoms with Crippen LogP contribution in [0.15, 0.2) is 53.7 Å². The summed E-state index contributed by atoms with van der Waals surface area (Å²) < 4.78 is 16.0. The van der Waals surface area contributed by atoms with Gasteiger partial charge in [-0.1, -0.05) is 40.9 Å². The number of carbonyl (C=O) groups is 3. The molecule has 0 radical (unpaired) electrons. The third-order valence-corrected chi connectivity index (χ3v) is 7.52. The number of esters is 2. The maximum Gasteiger partial charge on any atom is 0.366 e. The lowest BCUT2D eigenvalue weighted by Crippen LogP contribution is -2.27. The number of anilines is 2. The van der Waals surface area contributed by atoms with Crippen LogP contribution < -0.4 is 15.0 Å². The summed E-state index contributed by atoms with van der Waals surface area (Å²) in [5.41, 5.74) is -0.111. The van der Waals surface area contributed by atoms with Gasteiger partial charge in [0.15, 0.2) is 11.8 Å². The molecule has 282 valence electrons. The van der Waals surface area contributed by atoms with Crippen LogP contribution in [0.5, 0.6) is 5.75 Å². The topological polar surface area (TPSA) is 222 Å². The second-order valence-corrected chi connectivity index (χ2v) is 13.2. The van der Waals surface area contributed by atoms with E-state index in [9.17, 15) is 35.0 Å². The van der Waals surface area contributed by atoms with Gasteiger partial charge in [-0.15, -0.1) is 10.2 Å². The standard InChI is InChI=1S/C37H46N8O8/c1-8-34(47)52-16-12-10-14-44(15-11-13-17-53-35(48)9-2)30-20-27(41-33(46)18-25(3)22-37(4,5)6)28(21-31(30)51-7)42-43-36-26(23-38)19-32(45(49)50)40-29(36)24-39/h8-9,19-21,25H,1-2,10-18,22H2,3-7H3,(H,41,46). The number of azo groups is 1. The van der Waals surface area contributed by atoms with Crippen molar-refractivity contribution < 1.29 is 33.5 Å². The van der Waals surface area contributed by atoms with E-state index in [1.807, 2.05) is 11.8 Å². The molecule has 0 aliphatic carbocycles. The van der Waals surface area contributed by atoms with E-state index in [0.717, 1.165) is 24.6 Å². The van der Waals surface area contributed by atoms with Gasteiger partial charge in [0.05, 0.1) is 43.3 Å². The summed E-state index contributed by atoms with van der Waals surface area (Å²) >= 11 is 0. The van der Waals surface area contributed by atoms with E-state index in [-0.39, 0.29) is 59.5 Å². The Morgan fingerprint density at radius 3 is 2.11 bits per heavy atom. The lowest BCUT2D eigenvalue weighted by molar-refractivity contribution is -0.389. The number of hydrogen-bond acceptors (Lipinski definition) is 14. The zero-order valence-corrected chi connectivity index (χ0v) is 30.8. The zero-order valence-electron chi connectivity index (χ0n) is 30.8. The molecule has 1 amide bonds. The van der Waals surface area contributed by atoms with E-state index in [4.69, 9.17) is 14.2 Å². The first-order valence-corrected chi connectivity index (χ1v) is 16.9. The molecule has 16 heteroatoms. The molecule has 0 bridgehead atoms. The lowest BCUT2D eigenvalue weighted by atomic mass is 9.84. The van der Waals surface area contributed by atoms with Crippen molar-refractivity contribution in [2.75, 3.05) is 43.6 Å². The van der Waals surface area contributed by atoms with Gasteiger partial charge in [-0.2, -0.15) is 10.5 Å². The van der Waals surface area contributed by atoms with Crippen molar-refractivity contribution in [2.24, 2.45) is 21.6 Å². The number of rotatable bonds is 21. The summed E-state index contributed by atoms with van der Waals surface area (Å²) in [6, 6.07) is 7.63. The maximum absolute atomic E-state index is 13.4. The number of nitrogens with one attached hydrogen (secondary N) is 1. The Morgan fingerprint density at radius 2 is 1.62 bits per heavy atom. The molecule has 1 N–H and O–H groups in total. The summed E-state index contributed by atoms with van der Waals surface area (Å²) in [7, 11) is 1.45. The monoisotopic (exact) mass is 730 g/mol. The van der Waals surface area contributed by atoms with Crippen LogP contribution in [0.2, 0.25) is 0 Å². The van der Waals surface area contributed by atoms with Gasteiger partial charge in [0.2, 0.25) is 5.91 Å². The quantitative estimate of drug-likeness (QED) is 0.0332. The molecule has 0 fully saturated rings. The molecule has 0 saturated carbocycles. The smallest absolute Gasteiger partial charge is 0.366 e. The molecule has 2 aromatic rings. The average Bonchev–Trinajstić information content (AvgIpc) is 3.11. The van der Waals surface area contributed by atoms with Crippen LogP contribution in [0, 0.1) is 44.1 Å². The van der Waals surface area contributed by atoms with Crippen LogP contribution in [0.25, 0.3) is 0 Å². The van der Waals surface area contributed by atoms with E-state index in [1.165, 1.54) is 13.2 Å². The predicted octanol–water partition coefficient (Wildman–Crippen LogP) is 7.38.